The molecule has 26 heavy (non-hydrogen) atoms. The summed E-state index contributed by atoms with van der Waals surface area (Å²) in [5.74, 6) is 1.97. The number of nitriles is 1. The third-order valence-electron chi connectivity index (χ3n) is 3.49. The van der Waals surface area contributed by atoms with Gasteiger partial charge >= 0.3 is 0 Å². The number of aromatic nitrogens is 2. The standard InChI is InChI=1S/C20H19N5O/c1-14(2)26-18-10-6-5-9-17(18)25-20-11-19(22-13-23-20)24-16-8-4-3-7-15(16)12-21/h3-11,13-14H,1-2H3,(H2,22,23,24,25). The number of anilines is 4. The van der Waals surface area contributed by atoms with Crippen molar-refractivity contribution in [2.45, 2.75) is 20.0 Å². The summed E-state index contributed by atoms with van der Waals surface area (Å²) in [4.78, 5) is 8.48. The zero-order valence-electron chi connectivity index (χ0n) is 14.6. The fourth-order valence-corrected chi connectivity index (χ4v) is 2.39. The van der Waals surface area contributed by atoms with Crippen molar-refractivity contribution in [2.24, 2.45) is 0 Å². The van der Waals surface area contributed by atoms with Gasteiger partial charge in [-0.2, -0.15) is 5.26 Å². The smallest absolute Gasteiger partial charge is 0.143 e. The van der Waals surface area contributed by atoms with Crippen LogP contribution in [-0.4, -0.2) is 16.1 Å². The molecule has 0 fully saturated rings. The molecule has 0 aliphatic heterocycles. The van der Waals surface area contributed by atoms with Gasteiger partial charge in [0, 0.05) is 6.07 Å². The molecule has 6 heteroatoms. The van der Waals surface area contributed by atoms with Crippen LogP contribution in [-0.2, 0) is 0 Å². The molecule has 2 N–H and O–H groups in total. The van der Waals surface area contributed by atoms with Crippen molar-refractivity contribution < 1.29 is 4.74 Å². The summed E-state index contributed by atoms with van der Waals surface area (Å²) in [6.07, 6.45) is 1.54. The number of hydrogen-bond donors (Lipinski definition) is 2. The van der Waals surface area contributed by atoms with Crippen LogP contribution >= 0.6 is 0 Å². The van der Waals surface area contributed by atoms with Gasteiger partial charge in [0.2, 0.25) is 0 Å². The van der Waals surface area contributed by atoms with Crippen LogP contribution in [0.5, 0.6) is 5.75 Å². The Labute approximate surface area is 152 Å². The number of nitrogens with zero attached hydrogens (tertiary/aromatic N) is 3. The molecule has 0 radical (unpaired) electrons. The van der Waals surface area contributed by atoms with E-state index in [9.17, 15) is 5.26 Å². The van der Waals surface area contributed by atoms with Gasteiger partial charge in [-0.3, -0.25) is 0 Å². The number of benzene rings is 2. The molecule has 0 unspecified atom stereocenters. The number of nitrogens with one attached hydrogen (secondary N) is 2. The summed E-state index contributed by atoms with van der Waals surface area (Å²) >= 11 is 0. The van der Waals surface area contributed by atoms with E-state index >= 15 is 0 Å². The lowest BCUT2D eigenvalue weighted by Crippen LogP contribution is -2.07. The minimum atomic E-state index is 0.0723. The molecule has 0 amide bonds. The van der Waals surface area contributed by atoms with Crippen LogP contribution in [0, 0.1) is 11.3 Å². The molecular formula is C20H19N5O. The van der Waals surface area contributed by atoms with Gasteiger partial charge in [0.25, 0.3) is 0 Å². The molecule has 3 rings (SSSR count). The molecule has 0 aliphatic rings. The van der Waals surface area contributed by atoms with E-state index in [0.717, 1.165) is 11.4 Å². The Morgan fingerprint density at radius 2 is 1.54 bits per heavy atom. The van der Waals surface area contributed by atoms with E-state index in [1.165, 1.54) is 6.33 Å². The zero-order valence-corrected chi connectivity index (χ0v) is 14.6. The van der Waals surface area contributed by atoms with E-state index in [1.54, 1.807) is 12.1 Å². The quantitative estimate of drug-likeness (QED) is 0.678. The Hall–Kier alpha value is -3.59. The van der Waals surface area contributed by atoms with Crippen LogP contribution in [0.1, 0.15) is 19.4 Å². The number of hydrogen-bond acceptors (Lipinski definition) is 6. The van der Waals surface area contributed by atoms with E-state index in [4.69, 9.17) is 4.74 Å². The molecule has 0 aliphatic carbocycles. The van der Waals surface area contributed by atoms with Gasteiger partial charge in [-0.25, -0.2) is 9.97 Å². The van der Waals surface area contributed by atoms with Crippen LogP contribution in [0.4, 0.5) is 23.0 Å². The first-order valence-electron chi connectivity index (χ1n) is 8.26. The lowest BCUT2D eigenvalue weighted by atomic mass is 10.2. The first-order valence-corrected chi connectivity index (χ1v) is 8.26. The van der Waals surface area contributed by atoms with E-state index in [1.807, 2.05) is 56.3 Å². The molecule has 0 spiro atoms. The van der Waals surface area contributed by atoms with Crippen molar-refractivity contribution in [1.82, 2.24) is 9.97 Å². The first kappa shape index (κ1) is 17.2. The molecule has 0 saturated carbocycles. The maximum absolute atomic E-state index is 9.20. The minimum absolute atomic E-state index is 0.0723. The van der Waals surface area contributed by atoms with Gasteiger partial charge in [-0.15, -0.1) is 0 Å². The molecule has 6 nitrogen and oxygen atoms in total. The molecule has 0 bridgehead atoms. The van der Waals surface area contributed by atoms with Gasteiger partial charge in [-0.05, 0) is 38.1 Å². The van der Waals surface area contributed by atoms with Crippen molar-refractivity contribution >= 4 is 23.0 Å². The SMILES string of the molecule is CC(C)Oc1ccccc1Nc1cc(Nc2ccccc2C#N)ncn1. The Morgan fingerprint density at radius 3 is 2.23 bits per heavy atom. The monoisotopic (exact) mass is 345 g/mol. The summed E-state index contributed by atoms with van der Waals surface area (Å²) < 4.78 is 5.82. The van der Waals surface area contributed by atoms with Crippen molar-refractivity contribution in [3.05, 3.63) is 66.5 Å². The average Bonchev–Trinajstić information content (AvgIpc) is 2.64. The van der Waals surface area contributed by atoms with E-state index < -0.39 is 0 Å². The predicted molar refractivity (Wildman–Crippen MR) is 102 cm³/mol. The summed E-state index contributed by atoms with van der Waals surface area (Å²) in [6, 6.07) is 18.9. The summed E-state index contributed by atoms with van der Waals surface area (Å²) in [5.41, 5.74) is 2.07. The molecule has 130 valence electrons. The Balaban J connectivity index is 1.82. The fraction of sp³-hybridized carbons (Fsp3) is 0.150. The van der Waals surface area contributed by atoms with Gasteiger partial charge in [-0.1, -0.05) is 24.3 Å². The summed E-state index contributed by atoms with van der Waals surface area (Å²) in [5, 5.41) is 15.6. The second kappa shape index (κ2) is 7.99. The number of rotatable bonds is 6. The maximum atomic E-state index is 9.20. The van der Waals surface area contributed by atoms with Crippen molar-refractivity contribution in [3.63, 3.8) is 0 Å². The minimum Gasteiger partial charge on any atom is -0.489 e. The van der Waals surface area contributed by atoms with E-state index in [2.05, 4.69) is 26.7 Å². The van der Waals surface area contributed by atoms with Crippen LogP contribution in [0.2, 0.25) is 0 Å². The molecule has 0 saturated heterocycles. The third-order valence-corrected chi connectivity index (χ3v) is 3.49. The Bertz CT molecular complexity index is 933. The second-order valence-corrected chi connectivity index (χ2v) is 5.86. The highest BCUT2D eigenvalue weighted by Crippen LogP contribution is 2.28. The summed E-state index contributed by atoms with van der Waals surface area (Å²) in [7, 11) is 0. The second-order valence-electron chi connectivity index (χ2n) is 5.86. The zero-order chi connectivity index (χ0) is 18.4. The number of para-hydroxylation sites is 3. The Morgan fingerprint density at radius 1 is 0.923 bits per heavy atom. The van der Waals surface area contributed by atoms with Crippen LogP contribution in [0.3, 0.4) is 0 Å². The highest BCUT2D eigenvalue weighted by molar-refractivity contribution is 5.69. The predicted octanol–water partition coefficient (Wildman–Crippen LogP) is 4.62. The topological polar surface area (TPSA) is 82.9 Å². The van der Waals surface area contributed by atoms with Crippen LogP contribution in [0.25, 0.3) is 0 Å². The van der Waals surface area contributed by atoms with E-state index in [0.29, 0.717) is 22.9 Å². The van der Waals surface area contributed by atoms with E-state index in [-0.39, 0.29) is 6.10 Å². The number of ether oxygens (including phenoxy) is 1. The van der Waals surface area contributed by atoms with Crippen molar-refractivity contribution in [1.29, 1.82) is 5.26 Å². The summed E-state index contributed by atoms with van der Waals surface area (Å²) in [6.45, 7) is 3.96. The molecule has 1 heterocycles. The average molecular weight is 345 g/mol. The van der Waals surface area contributed by atoms with Crippen LogP contribution < -0.4 is 15.4 Å². The lowest BCUT2D eigenvalue weighted by molar-refractivity contribution is 0.244. The molecule has 0 atom stereocenters. The van der Waals surface area contributed by atoms with Gasteiger partial charge < -0.3 is 15.4 Å². The van der Waals surface area contributed by atoms with Crippen molar-refractivity contribution in [3.8, 4) is 11.8 Å². The molecule has 1 aromatic heterocycles. The molecule has 3 aromatic rings. The first-order chi connectivity index (χ1) is 12.7. The third kappa shape index (κ3) is 4.28. The van der Waals surface area contributed by atoms with Gasteiger partial charge in [0.05, 0.1) is 23.0 Å². The largest absolute Gasteiger partial charge is 0.489 e. The maximum Gasteiger partial charge on any atom is 0.143 e. The molecular weight excluding hydrogens is 326 g/mol. The van der Waals surface area contributed by atoms with Crippen molar-refractivity contribution in [2.75, 3.05) is 10.6 Å². The highest BCUT2D eigenvalue weighted by atomic mass is 16.5. The fourth-order valence-electron chi connectivity index (χ4n) is 2.39. The molecule has 2 aromatic carbocycles. The van der Waals surface area contributed by atoms with Gasteiger partial charge in [0.15, 0.2) is 0 Å². The van der Waals surface area contributed by atoms with Crippen LogP contribution in [0.15, 0.2) is 60.9 Å². The normalized spacial score (nSPS) is 10.2. The lowest BCUT2D eigenvalue weighted by Gasteiger charge is -2.15. The Kier molecular flexibility index (Phi) is 5.30. The highest BCUT2D eigenvalue weighted by Gasteiger charge is 2.08. The van der Waals surface area contributed by atoms with Gasteiger partial charge in [0.1, 0.15) is 29.8 Å².